The van der Waals surface area contributed by atoms with Crippen molar-refractivity contribution in [1.82, 2.24) is 20.0 Å². The van der Waals surface area contributed by atoms with Gasteiger partial charge in [0.2, 0.25) is 5.91 Å². The number of nitrogens with one attached hydrogen (secondary N) is 1. The number of Topliss-reactive ketones (excluding diaryl/α,β-unsaturated/α-hetero) is 1. The molecule has 0 aromatic carbocycles. The fourth-order valence-electron chi connectivity index (χ4n) is 5.35. The number of aromatic nitrogens is 2. The van der Waals surface area contributed by atoms with E-state index < -0.39 is 5.91 Å². The number of carbonyl (C=O) groups is 3. The Kier molecular flexibility index (Phi) is 5.59. The van der Waals surface area contributed by atoms with Crippen LogP contribution in [0.3, 0.4) is 0 Å². The van der Waals surface area contributed by atoms with Gasteiger partial charge < -0.3 is 16.0 Å². The Morgan fingerprint density at radius 3 is 2.57 bits per heavy atom. The van der Waals surface area contributed by atoms with Gasteiger partial charge in [0.25, 0.3) is 0 Å². The molecule has 8 nitrogen and oxygen atoms in total. The quantitative estimate of drug-likeness (QED) is 0.788. The van der Waals surface area contributed by atoms with Gasteiger partial charge in [-0.3, -0.25) is 14.3 Å². The van der Waals surface area contributed by atoms with E-state index in [0.29, 0.717) is 30.6 Å². The van der Waals surface area contributed by atoms with Crippen LogP contribution in [0.5, 0.6) is 0 Å². The van der Waals surface area contributed by atoms with E-state index in [4.69, 9.17) is 5.73 Å². The summed E-state index contributed by atoms with van der Waals surface area (Å²) in [5.41, 5.74) is 7.29. The van der Waals surface area contributed by atoms with Crippen molar-refractivity contribution in [3.63, 3.8) is 0 Å². The summed E-state index contributed by atoms with van der Waals surface area (Å²) in [5.74, 6) is -0.437. The summed E-state index contributed by atoms with van der Waals surface area (Å²) in [5, 5.41) is 7.88. The summed E-state index contributed by atoms with van der Waals surface area (Å²) in [6.07, 6.45) is 8.36. The van der Waals surface area contributed by atoms with Crippen LogP contribution in [0.4, 0.5) is 4.79 Å². The fourth-order valence-corrected chi connectivity index (χ4v) is 5.35. The summed E-state index contributed by atoms with van der Waals surface area (Å²) < 4.78 is 1.60. The van der Waals surface area contributed by atoms with Crippen LogP contribution in [0.25, 0.3) is 0 Å². The number of amides is 3. The molecule has 8 heteroatoms. The number of rotatable bonds is 4. The van der Waals surface area contributed by atoms with Crippen molar-refractivity contribution in [2.24, 2.45) is 11.1 Å². The Morgan fingerprint density at radius 2 is 1.87 bits per heavy atom. The molecular weight excluding hydrogens is 382 g/mol. The first-order valence-electron chi connectivity index (χ1n) is 11.2. The van der Waals surface area contributed by atoms with E-state index in [2.05, 4.69) is 24.3 Å². The molecule has 1 saturated carbocycles. The smallest absolute Gasteiger partial charge is 0.318 e. The van der Waals surface area contributed by atoms with Crippen LogP contribution >= 0.6 is 0 Å². The molecule has 1 aromatic heterocycles. The van der Waals surface area contributed by atoms with Gasteiger partial charge in [-0.25, -0.2) is 4.79 Å². The molecule has 1 saturated heterocycles. The molecule has 1 atom stereocenters. The van der Waals surface area contributed by atoms with E-state index in [9.17, 15) is 14.4 Å². The van der Waals surface area contributed by atoms with Crippen LogP contribution in [0, 0.1) is 5.41 Å². The molecule has 2 heterocycles. The number of nitrogens with zero attached hydrogens (tertiary/aromatic N) is 3. The Balaban J connectivity index is 1.63. The lowest BCUT2D eigenvalue weighted by Gasteiger charge is -2.31. The average molecular weight is 416 g/mol. The van der Waals surface area contributed by atoms with Crippen LogP contribution in [0.2, 0.25) is 0 Å². The van der Waals surface area contributed by atoms with Gasteiger partial charge in [-0.15, -0.1) is 0 Å². The van der Waals surface area contributed by atoms with Crippen LogP contribution in [0.15, 0.2) is 0 Å². The van der Waals surface area contributed by atoms with E-state index in [1.54, 1.807) is 4.68 Å². The van der Waals surface area contributed by atoms with Crippen molar-refractivity contribution >= 4 is 17.7 Å². The maximum absolute atomic E-state index is 13.1. The van der Waals surface area contributed by atoms with Gasteiger partial charge in [-0.2, -0.15) is 5.10 Å². The number of ketones is 1. The number of carbonyl (C=O) groups excluding carboxylic acids is 3. The predicted molar refractivity (Wildman–Crippen MR) is 112 cm³/mol. The monoisotopic (exact) mass is 415 g/mol. The maximum atomic E-state index is 13.1. The second kappa shape index (κ2) is 8.04. The lowest BCUT2D eigenvalue weighted by molar-refractivity contribution is -0.118. The number of fused-ring (bicyclic) bond motifs is 1. The number of primary amides is 1. The minimum atomic E-state index is -0.485. The minimum Gasteiger partial charge on any atom is -0.368 e. The molecule has 0 radical (unpaired) electrons. The van der Waals surface area contributed by atoms with Crippen molar-refractivity contribution < 1.29 is 14.4 Å². The summed E-state index contributed by atoms with van der Waals surface area (Å²) in [6.45, 7) is 4.70. The summed E-state index contributed by atoms with van der Waals surface area (Å²) >= 11 is 0. The van der Waals surface area contributed by atoms with Crippen LogP contribution in [-0.2, 0) is 17.8 Å². The largest absolute Gasteiger partial charge is 0.368 e. The zero-order valence-electron chi connectivity index (χ0n) is 18.1. The Hall–Kier alpha value is -2.38. The number of urea groups is 1. The van der Waals surface area contributed by atoms with Crippen LogP contribution < -0.4 is 11.1 Å². The molecule has 1 aromatic rings. The Labute approximate surface area is 177 Å². The third-order valence-corrected chi connectivity index (χ3v) is 6.72. The van der Waals surface area contributed by atoms with E-state index >= 15 is 0 Å². The van der Waals surface area contributed by atoms with E-state index in [1.807, 2.05) is 4.90 Å². The number of hydrogen-bond donors (Lipinski definition) is 2. The highest BCUT2D eigenvalue weighted by atomic mass is 16.2. The molecule has 0 bridgehead atoms. The first-order chi connectivity index (χ1) is 14.2. The number of nitrogens with two attached hydrogens (primary N) is 1. The van der Waals surface area contributed by atoms with E-state index in [1.165, 1.54) is 6.42 Å². The van der Waals surface area contributed by atoms with Crippen LogP contribution in [-0.4, -0.2) is 45.0 Å². The standard InChI is InChI=1S/C22H33N5O3/c1-22(2)11-16-19(17(28)12-22)20(25-27(16)13-18(23)29)15-9-6-10-26(15)21(30)24-14-7-4-3-5-8-14/h14-15H,3-13H2,1-2H3,(H2,23,29)(H,24,30)/t15-/m0/s1. The molecule has 164 valence electrons. The van der Waals surface area contributed by atoms with Gasteiger partial charge in [0, 0.05) is 19.0 Å². The zero-order valence-corrected chi connectivity index (χ0v) is 18.1. The minimum absolute atomic E-state index is 0.0477. The highest BCUT2D eigenvalue weighted by Crippen LogP contribution is 2.41. The van der Waals surface area contributed by atoms with Crippen molar-refractivity contribution in [3.8, 4) is 0 Å². The second-order valence-corrected chi connectivity index (χ2v) is 9.91. The molecule has 0 unspecified atom stereocenters. The summed E-state index contributed by atoms with van der Waals surface area (Å²) in [6, 6.07) is -0.0657. The molecule has 2 aliphatic carbocycles. The molecular formula is C22H33N5O3. The summed E-state index contributed by atoms with van der Waals surface area (Å²) in [4.78, 5) is 39.6. The molecule has 3 N–H and O–H groups in total. The topological polar surface area (TPSA) is 110 Å². The number of hydrogen-bond acceptors (Lipinski definition) is 4. The maximum Gasteiger partial charge on any atom is 0.318 e. The fraction of sp³-hybridized carbons (Fsp3) is 0.727. The van der Waals surface area contributed by atoms with Gasteiger partial charge in [0.1, 0.15) is 6.54 Å². The average Bonchev–Trinajstić information content (AvgIpc) is 3.26. The van der Waals surface area contributed by atoms with Gasteiger partial charge in [0.15, 0.2) is 5.78 Å². The predicted octanol–water partition coefficient (Wildman–Crippen LogP) is 2.70. The highest BCUT2D eigenvalue weighted by Gasteiger charge is 2.41. The third-order valence-electron chi connectivity index (χ3n) is 6.72. The SMILES string of the molecule is CC1(C)CC(=O)c2c([C@@H]3CCCN3C(=O)NC3CCCCC3)nn(CC(N)=O)c2C1. The third kappa shape index (κ3) is 4.09. The van der Waals surface area contributed by atoms with Crippen molar-refractivity contribution in [3.05, 3.63) is 17.0 Å². The van der Waals surface area contributed by atoms with Gasteiger partial charge in [-0.1, -0.05) is 33.1 Å². The zero-order chi connectivity index (χ0) is 21.5. The molecule has 30 heavy (non-hydrogen) atoms. The van der Waals surface area contributed by atoms with Crippen molar-refractivity contribution in [1.29, 1.82) is 0 Å². The molecule has 3 aliphatic rings. The van der Waals surface area contributed by atoms with Gasteiger partial charge in [0.05, 0.1) is 23.0 Å². The lowest BCUT2D eigenvalue weighted by atomic mass is 9.75. The Morgan fingerprint density at radius 1 is 1.13 bits per heavy atom. The second-order valence-electron chi connectivity index (χ2n) is 9.91. The number of likely N-dealkylation sites (tertiary alicyclic amines) is 1. The first-order valence-corrected chi connectivity index (χ1v) is 11.2. The molecule has 2 fully saturated rings. The normalized spacial score (nSPS) is 24.0. The van der Waals surface area contributed by atoms with Crippen molar-refractivity contribution in [2.75, 3.05) is 6.54 Å². The molecule has 3 amide bonds. The van der Waals surface area contributed by atoms with Gasteiger partial charge >= 0.3 is 6.03 Å². The van der Waals surface area contributed by atoms with Gasteiger partial charge in [-0.05, 0) is 37.5 Å². The van der Waals surface area contributed by atoms with E-state index in [-0.39, 0.29) is 35.9 Å². The van der Waals surface area contributed by atoms with Crippen molar-refractivity contribution in [2.45, 2.75) is 90.3 Å². The van der Waals surface area contributed by atoms with E-state index in [0.717, 1.165) is 44.2 Å². The van der Waals surface area contributed by atoms with Crippen LogP contribution in [0.1, 0.15) is 93.0 Å². The lowest BCUT2D eigenvalue weighted by Crippen LogP contribution is -2.45. The first kappa shape index (κ1) is 20.9. The molecule has 1 aliphatic heterocycles. The summed E-state index contributed by atoms with van der Waals surface area (Å²) in [7, 11) is 0. The molecule has 4 rings (SSSR count). The molecule has 0 spiro atoms. The highest BCUT2D eigenvalue weighted by molar-refractivity contribution is 6.00. The Bertz CT molecular complexity index is 853.